The molecule has 102 valence electrons. The molecule has 0 aliphatic rings. The van der Waals surface area contributed by atoms with Crippen molar-refractivity contribution in [3.8, 4) is 0 Å². The van der Waals surface area contributed by atoms with Gasteiger partial charge in [-0.3, -0.25) is 9.89 Å². The summed E-state index contributed by atoms with van der Waals surface area (Å²) in [5, 5.41) is 17.6. The zero-order valence-electron chi connectivity index (χ0n) is 10.8. The van der Waals surface area contributed by atoms with E-state index in [-0.39, 0.29) is 5.91 Å². The lowest BCUT2D eigenvalue weighted by molar-refractivity contribution is -0.131. The van der Waals surface area contributed by atoms with E-state index >= 15 is 0 Å². The first-order valence-electron chi connectivity index (χ1n) is 5.87. The molecule has 6 nitrogen and oxygen atoms in total. The van der Waals surface area contributed by atoms with Gasteiger partial charge in [0.25, 0.3) is 5.91 Å². The van der Waals surface area contributed by atoms with Gasteiger partial charge in [-0.05, 0) is 36.3 Å². The lowest BCUT2D eigenvalue weighted by Gasteiger charge is -2.05. The molecule has 1 aromatic heterocycles. The van der Waals surface area contributed by atoms with E-state index in [4.69, 9.17) is 5.11 Å². The normalized spacial score (nSPS) is 10.7. The van der Waals surface area contributed by atoms with Crippen molar-refractivity contribution in [2.75, 3.05) is 5.32 Å². The van der Waals surface area contributed by atoms with Gasteiger partial charge in [-0.1, -0.05) is 6.07 Å². The van der Waals surface area contributed by atoms with Gasteiger partial charge in [0, 0.05) is 17.8 Å². The van der Waals surface area contributed by atoms with Gasteiger partial charge in [-0.2, -0.15) is 5.10 Å². The standard InChI is InChI=1S/C14H13N3O3/c1-9-4-10(2-3-13(18)19)6-11(5-9)14(20)17-12-7-15-16-8-12/h2-8H,1H3,(H,15,16)(H,17,20)(H,18,19)/b3-2+. The molecule has 2 aromatic rings. The Morgan fingerprint density at radius 1 is 1.35 bits per heavy atom. The first kappa shape index (κ1) is 13.5. The molecule has 0 aliphatic carbocycles. The topological polar surface area (TPSA) is 95.1 Å². The van der Waals surface area contributed by atoms with Crippen molar-refractivity contribution in [1.29, 1.82) is 0 Å². The summed E-state index contributed by atoms with van der Waals surface area (Å²) in [6.07, 6.45) is 5.55. The summed E-state index contributed by atoms with van der Waals surface area (Å²) >= 11 is 0. The van der Waals surface area contributed by atoms with Gasteiger partial charge in [0.2, 0.25) is 0 Å². The van der Waals surface area contributed by atoms with E-state index in [1.165, 1.54) is 12.3 Å². The second kappa shape index (κ2) is 5.83. The first-order valence-corrected chi connectivity index (χ1v) is 5.87. The van der Waals surface area contributed by atoms with E-state index in [2.05, 4.69) is 15.5 Å². The molecule has 3 N–H and O–H groups in total. The molecule has 0 unspecified atom stereocenters. The summed E-state index contributed by atoms with van der Waals surface area (Å²) in [7, 11) is 0. The maximum atomic E-state index is 12.1. The zero-order valence-corrected chi connectivity index (χ0v) is 10.8. The Morgan fingerprint density at radius 2 is 2.15 bits per heavy atom. The average molecular weight is 271 g/mol. The number of aliphatic carboxylic acids is 1. The minimum atomic E-state index is -1.03. The first-order chi connectivity index (χ1) is 9.54. The van der Waals surface area contributed by atoms with Gasteiger partial charge in [0.05, 0.1) is 11.9 Å². The number of amides is 1. The Balaban J connectivity index is 2.23. The fraction of sp³-hybridized carbons (Fsp3) is 0.0714. The highest BCUT2D eigenvalue weighted by atomic mass is 16.4. The molecular weight excluding hydrogens is 258 g/mol. The van der Waals surface area contributed by atoms with Crippen molar-refractivity contribution < 1.29 is 14.7 Å². The SMILES string of the molecule is Cc1cc(/C=C/C(=O)O)cc(C(=O)Nc2cn[nH]c2)c1. The Morgan fingerprint density at radius 3 is 2.80 bits per heavy atom. The van der Waals surface area contributed by atoms with Gasteiger partial charge >= 0.3 is 5.97 Å². The van der Waals surface area contributed by atoms with Crippen LogP contribution in [0.1, 0.15) is 21.5 Å². The van der Waals surface area contributed by atoms with Crippen molar-refractivity contribution in [3.05, 3.63) is 53.4 Å². The Bertz CT molecular complexity index is 660. The van der Waals surface area contributed by atoms with E-state index < -0.39 is 5.97 Å². The second-order valence-corrected chi connectivity index (χ2v) is 4.25. The van der Waals surface area contributed by atoms with Crippen molar-refractivity contribution >= 4 is 23.6 Å². The van der Waals surface area contributed by atoms with Crippen LogP contribution in [-0.4, -0.2) is 27.2 Å². The van der Waals surface area contributed by atoms with Gasteiger partial charge in [0.15, 0.2) is 0 Å². The van der Waals surface area contributed by atoms with Crippen LogP contribution in [0.15, 0.2) is 36.7 Å². The molecule has 0 aliphatic heterocycles. The summed E-state index contributed by atoms with van der Waals surface area (Å²) < 4.78 is 0. The van der Waals surface area contributed by atoms with Crippen LogP contribution >= 0.6 is 0 Å². The van der Waals surface area contributed by atoms with Gasteiger partial charge in [-0.15, -0.1) is 0 Å². The van der Waals surface area contributed by atoms with E-state index in [0.29, 0.717) is 16.8 Å². The summed E-state index contributed by atoms with van der Waals surface area (Å²) in [6.45, 7) is 1.84. The zero-order chi connectivity index (χ0) is 14.5. The number of hydrogen-bond donors (Lipinski definition) is 3. The van der Waals surface area contributed by atoms with Crippen molar-refractivity contribution in [3.63, 3.8) is 0 Å². The molecule has 0 fully saturated rings. The number of H-pyrrole nitrogens is 1. The summed E-state index contributed by atoms with van der Waals surface area (Å²) in [5.74, 6) is -1.31. The molecule has 1 heterocycles. The third kappa shape index (κ3) is 3.55. The Hall–Kier alpha value is -2.89. The summed E-state index contributed by atoms with van der Waals surface area (Å²) in [4.78, 5) is 22.6. The number of nitrogens with one attached hydrogen (secondary N) is 2. The number of aryl methyl sites for hydroxylation is 1. The molecule has 1 aromatic carbocycles. The molecule has 0 spiro atoms. The van der Waals surface area contributed by atoms with Gasteiger partial charge in [-0.25, -0.2) is 4.79 Å². The maximum Gasteiger partial charge on any atom is 0.328 e. The van der Waals surface area contributed by atoms with E-state index in [0.717, 1.165) is 11.6 Å². The highest BCUT2D eigenvalue weighted by molar-refractivity contribution is 6.04. The third-order valence-corrected chi connectivity index (χ3v) is 2.54. The van der Waals surface area contributed by atoms with Crippen molar-refractivity contribution in [1.82, 2.24) is 10.2 Å². The molecule has 2 rings (SSSR count). The number of hydrogen-bond acceptors (Lipinski definition) is 3. The Labute approximate surface area is 115 Å². The molecule has 0 saturated carbocycles. The van der Waals surface area contributed by atoms with Crippen LogP contribution in [0.5, 0.6) is 0 Å². The quantitative estimate of drug-likeness (QED) is 0.742. The van der Waals surface area contributed by atoms with E-state index in [9.17, 15) is 9.59 Å². The number of carboxylic acids is 1. The van der Waals surface area contributed by atoms with Gasteiger partial charge < -0.3 is 10.4 Å². The molecule has 6 heteroatoms. The van der Waals surface area contributed by atoms with Crippen LogP contribution in [0.4, 0.5) is 5.69 Å². The van der Waals surface area contributed by atoms with Crippen LogP contribution in [0.3, 0.4) is 0 Å². The molecule has 1 amide bonds. The second-order valence-electron chi connectivity index (χ2n) is 4.25. The van der Waals surface area contributed by atoms with Crippen LogP contribution < -0.4 is 5.32 Å². The highest BCUT2D eigenvalue weighted by Crippen LogP contribution is 2.13. The summed E-state index contributed by atoms with van der Waals surface area (Å²) in [6, 6.07) is 5.16. The minimum absolute atomic E-state index is 0.278. The molecule has 0 saturated heterocycles. The minimum Gasteiger partial charge on any atom is -0.478 e. The molecule has 0 bridgehead atoms. The van der Waals surface area contributed by atoms with Gasteiger partial charge in [0.1, 0.15) is 0 Å². The van der Waals surface area contributed by atoms with Crippen LogP contribution in [-0.2, 0) is 4.79 Å². The Kier molecular flexibility index (Phi) is 3.95. The lowest BCUT2D eigenvalue weighted by Crippen LogP contribution is -2.11. The highest BCUT2D eigenvalue weighted by Gasteiger charge is 2.08. The van der Waals surface area contributed by atoms with E-state index in [1.807, 2.05) is 6.92 Å². The monoisotopic (exact) mass is 271 g/mol. The number of nitrogens with zero attached hydrogens (tertiary/aromatic N) is 1. The largest absolute Gasteiger partial charge is 0.478 e. The number of anilines is 1. The van der Waals surface area contributed by atoms with Crippen molar-refractivity contribution in [2.45, 2.75) is 6.92 Å². The fourth-order valence-electron chi connectivity index (χ4n) is 1.73. The van der Waals surface area contributed by atoms with Crippen LogP contribution in [0.2, 0.25) is 0 Å². The molecule has 0 atom stereocenters. The van der Waals surface area contributed by atoms with Crippen molar-refractivity contribution in [2.24, 2.45) is 0 Å². The predicted octanol–water partition coefficient (Wildman–Crippen LogP) is 2.07. The smallest absolute Gasteiger partial charge is 0.328 e. The lowest BCUT2D eigenvalue weighted by atomic mass is 10.1. The maximum absolute atomic E-state index is 12.1. The number of carbonyl (C=O) groups excluding carboxylic acids is 1. The molecule has 0 radical (unpaired) electrons. The third-order valence-electron chi connectivity index (χ3n) is 2.54. The number of benzene rings is 1. The number of aromatic amines is 1. The number of carboxylic acid groups (broad SMARTS) is 1. The number of aromatic nitrogens is 2. The predicted molar refractivity (Wildman–Crippen MR) is 74.4 cm³/mol. The fourth-order valence-corrected chi connectivity index (χ4v) is 1.73. The van der Waals surface area contributed by atoms with E-state index in [1.54, 1.807) is 24.4 Å². The number of rotatable bonds is 4. The average Bonchev–Trinajstić information content (AvgIpc) is 2.88. The summed E-state index contributed by atoms with van der Waals surface area (Å²) in [5.41, 5.74) is 2.55. The molecule has 20 heavy (non-hydrogen) atoms. The number of carbonyl (C=O) groups is 2. The molecular formula is C14H13N3O3. The van der Waals surface area contributed by atoms with Crippen LogP contribution in [0.25, 0.3) is 6.08 Å². The van der Waals surface area contributed by atoms with Crippen LogP contribution in [0, 0.1) is 6.92 Å².